The van der Waals surface area contributed by atoms with Gasteiger partial charge in [-0.15, -0.1) is 11.3 Å². The van der Waals surface area contributed by atoms with Gasteiger partial charge in [-0.3, -0.25) is 10.1 Å². The van der Waals surface area contributed by atoms with Crippen LogP contribution in [0.4, 0.5) is 5.69 Å². The van der Waals surface area contributed by atoms with Crippen LogP contribution in [-0.4, -0.2) is 12.5 Å². The molecule has 2 aromatic carbocycles. The molecule has 0 aliphatic heterocycles. The summed E-state index contributed by atoms with van der Waals surface area (Å²) in [7, 11) is 0. The molecule has 0 aliphatic carbocycles. The minimum absolute atomic E-state index is 0.0134. The van der Waals surface area contributed by atoms with Crippen molar-refractivity contribution in [1.82, 2.24) is 5.32 Å². The number of amides is 1. The third-order valence-corrected chi connectivity index (χ3v) is 4.97. The maximum absolute atomic E-state index is 12.2. The second-order valence-electron chi connectivity index (χ2n) is 5.30. The van der Waals surface area contributed by atoms with Gasteiger partial charge in [0.05, 0.1) is 12.6 Å². The lowest BCUT2D eigenvalue weighted by Crippen LogP contribution is -2.31. The second-order valence-corrected chi connectivity index (χ2v) is 7.19. The molecule has 3 rings (SSSR count). The Labute approximate surface area is 153 Å². The fraction of sp³-hybridized carbons (Fsp3) is 0.105. The highest BCUT2D eigenvalue weighted by Crippen LogP contribution is 2.25. The van der Waals surface area contributed by atoms with E-state index in [1.54, 1.807) is 11.3 Å². The maximum atomic E-state index is 12.2. The van der Waals surface area contributed by atoms with E-state index in [2.05, 4.69) is 50.1 Å². The third kappa shape index (κ3) is 4.54. The molecule has 3 nitrogen and oxygen atoms in total. The third-order valence-electron chi connectivity index (χ3n) is 3.54. The maximum Gasteiger partial charge on any atom is 0.238 e. The number of thiophene rings is 1. The molecule has 1 atom stereocenters. The molecule has 0 bridgehead atoms. The van der Waals surface area contributed by atoms with Gasteiger partial charge in [0.15, 0.2) is 0 Å². The SMILES string of the molecule is O=C(CN[C@H](c1ccccc1)c1cccs1)Nc1cccc(Br)c1. The van der Waals surface area contributed by atoms with E-state index in [1.807, 2.05) is 48.5 Å². The molecule has 1 aromatic heterocycles. The number of rotatable bonds is 6. The van der Waals surface area contributed by atoms with Crippen LogP contribution in [0.25, 0.3) is 0 Å². The van der Waals surface area contributed by atoms with E-state index in [0.29, 0.717) is 0 Å². The second kappa shape index (κ2) is 8.24. The Morgan fingerprint density at radius 2 is 1.88 bits per heavy atom. The minimum Gasteiger partial charge on any atom is -0.325 e. The van der Waals surface area contributed by atoms with Crippen molar-refractivity contribution in [3.63, 3.8) is 0 Å². The first-order valence-electron chi connectivity index (χ1n) is 7.59. The Balaban J connectivity index is 1.67. The first kappa shape index (κ1) is 16.9. The van der Waals surface area contributed by atoms with Gasteiger partial charge in [-0.05, 0) is 35.2 Å². The lowest BCUT2D eigenvalue weighted by Gasteiger charge is -2.18. The number of hydrogen-bond donors (Lipinski definition) is 2. The molecule has 0 fully saturated rings. The molecule has 1 heterocycles. The fourth-order valence-electron chi connectivity index (χ4n) is 2.45. The molecule has 0 radical (unpaired) electrons. The van der Waals surface area contributed by atoms with Crippen LogP contribution in [0.15, 0.2) is 76.6 Å². The van der Waals surface area contributed by atoms with Crippen molar-refractivity contribution in [1.29, 1.82) is 0 Å². The monoisotopic (exact) mass is 400 g/mol. The van der Waals surface area contributed by atoms with Crippen LogP contribution in [0.5, 0.6) is 0 Å². The van der Waals surface area contributed by atoms with Crippen molar-refractivity contribution in [3.8, 4) is 0 Å². The Kier molecular flexibility index (Phi) is 5.80. The highest BCUT2D eigenvalue weighted by Gasteiger charge is 2.15. The van der Waals surface area contributed by atoms with Crippen molar-refractivity contribution in [3.05, 3.63) is 87.0 Å². The lowest BCUT2D eigenvalue weighted by molar-refractivity contribution is -0.115. The molecular formula is C19H17BrN2OS. The predicted molar refractivity (Wildman–Crippen MR) is 103 cm³/mol. The summed E-state index contributed by atoms with van der Waals surface area (Å²) in [6.45, 7) is 0.240. The largest absolute Gasteiger partial charge is 0.325 e. The molecule has 2 N–H and O–H groups in total. The Morgan fingerprint density at radius 1 is 1.04 bits per heavy atom. The number of carbonyl (C=O) groups is 1. The van der Waals surface area contributed by atoms with Gasteiger partial charge in [-0.25, -0.2) is 0 Å². The van der Waals surface area contributed by atoms with Crippen molar-refractivity contribution in [2.75, 3.05) is 11.9 Å². The summed E-state index contributed by atoms with van der Waals surface area (Å²) in [5, 5.41) is 8.32. The summed E-state index contributed by atoms with van der Waals surface area (Å²) in [6, 6.07) is 21.9. The summed E-state index contributed by atoms with van der Waals surface area (Å²) < 4.78 is 0.939. The van der Waals surface area contributed by atoms with Gasteiger partial charge in [0.2, 0.25) is 5.91 Å². The van der Waals surface area contributed by atoms with Gasteiger partial charge >= 0.3 is 0 Å². The van der Waals surface area contributed by atoms with Gasteiger partial charge in [-0.1, -0.05) is 58.4 Å². The summed E-state index contributed by atoms with van der Waals surface area (Å²) in [4.78, 5) is 13.4. The number of benzene rings is 2. The predicted octanol–water partition coefficient (Wildman–Crippen LogP) is 4.83. The standard InChI is InChI=1S/C19H17BrN2OS/c20-15-8-4-9-16(12-15)22-18(23)13-21-19(17-10-5-11-24-17)14-6-2-1-3-7-14/h1-12,19,21H,13H2,(H,22,23)/t19-/m1/s1. The number of halogens is 1. The smallest absolute Gasteiger partial charge is 0.238 e. The number of carbonyl (C=O) groups excluding carboxylic acids is 1. The van der Waals surface area contributed by atoms with Crippen molar-refractivity contribution in [2.24, 2.45) is 0 Å². The topological polar surface area (TPSA) is 41.1 Å². The first-order chi connectivity index (χ1) is 11.7. The van der Waals surface area contributed by atoms with Gasteiger partial charge in [-0.2, -0.15) is 0 Å². The average molecular weight is 401 g/mol. The van der Waals surface area contributed by atoms with E-state index in [-0.39, 0.29) is 18.5 Å². The van der Waals surface area contributed by atoms with Crippen LogP contribution in [0.3, 0.4) is 0 Å². The van der Waals surface area contributed by atoms with Crippen LogP contribution < -0.4 is 10.6 Å². The summed E-state index contributed by atoms with van der Waals surface area (Å²) in [6.07, 6.45) is 0. The molecular weight excluding hydrogens is 384 g/mol. The average Bonchev–Trinajstić information content (AvgIpc) is 3.10. The quantitative estimate of drug-likeness (QED) is 0.621. The molecule has 5 heteroatoms. The zero-order valence-corrected chi connectivity index (χ0v) is 15.3. The molecule has 0 spiro atoms. The first-order valence-corrected chi connectivity index (χ1v) is 9.27. The highest BCUT2D eigenvalue weighted by molar-refractivity contribution is 9.10. The van der Waals surface area contributed by atoms with Gasteiger partial charge in [0.1, 0.15) is 0 Å². The zero-order valence-electron chi connectivity index (χ0n) is 12.9. The summed E-state index contributed by atoms with van der Waals surface area (Å²) in [5.74, 6) is -0.0643. The van der Waals surface area contributed by atoms with Gasteiger partial charge < -0.3 is 5.32 Å². The van der Waals surface area contributed by atoms with Crippen molar-refractivity contribution < 1.29 is 4.79 Å². The lowest BCUT2D eigenvalue weighted by atomic mass is 10.1. The van der Waals surface area contributed by atoms with E-state index < -0.39 is 0 Å². The highest BCUT2D eigenvalue weighted by atomic mass is 79.9. The summed E-state index contributed by atoms with van der Waals surface area (Å²) in [5.41, 5.74) is 1.93. The van der Waals surface area contributed by atoms with Crippen LogP contribution in [0, 0.1) is 0 Å². The minimum atomic E-state index is -0.0643. The van der Waals surface area contributed by atoms with E-state index in [9.17, 15) is 4.79 Å². The van der Waals surface area contributed by atoms with Gasteiger partial charge in [0, 0.05) is 15.0 Å². The van der Waals surface area contributed by atoms with Crippen LogP contribution >= 0.6 is 27.3 Å². The van der Waals surface area contributed by atoms with Crippen molar-refractivity contribution in [2.45, 2.75) is 6.04 Å². The molecule has 1 amide bonds. The number of anilines is 1. The zero-order chi connectivity index (χ0) is 16.8. The Morgan fingerprint density at radius 3 is 2.58 bits per heavy atom. The molecule has 24 heavy (non-hydrogen) atoms. The normalized spacial score (nSPS) is 11.9. The van der Waals surface area contributed by atoms with Gasteiger partial charge in [0.25, 0.3) is 0 Å². The van der Waals surface area contributed by atoms with E-state index in [0.717, 1.165) is 15.7 Å². The number of nitrogens with one attached hydrogen (secondary N) is 2. The Bertz CT molecular complexity index is 790. The van der Waals surface area contributed by atoms with Crippen LogP contribution in [0.1, 0.15) is 16.5 Å². The van der Waals surface area contributed by atoms with Crippen molar-refractivity contribution >= 4 is 38.9 Å². The molecule has 0 aliphatic rings. The fourth-order valence-corrected chi connectivity index (χ4v) is 3.68. The molecule has 0 saturated heterocycles. The van der Waals surface area contributed by atoms with E-state index in [4.69, 9.17) is 0 Å². The Hall–Kier alpha value is -1.95. The van der Waals surface area contributed by atoms with Crippen LogP contribution in [0.2, 0.25) is 0 Å². The molecule has 3 aromatic rings. The van der Waals surface area contributed by atoms with E-state index in [1.165, 1.54) is 4.88 Å². The molecule has 0 unspecified atom stereocenters. The summed E-state index contributed by atoms with van der Waals surface area (Å²) >= 11 is 5.09. The molecule has 0 saturated carbocycles. The molecule has 122 valence electrons. The van der Waals surface area contributed by atoms with Crippen LogP contribution in [-0.2, 0) is 4.79 Å². The van der Waals surface area contributed by atoms with E-state index >= 15 is 0 Å². The number of hydrogen-bond acceptors (Lipinski definition) is 3.